The van der Waals surface area contributed by atoms with Gasteiger partial charge in [0.05, 0.1) is 0 Å². The Morgan fingerprint density at radius 1 is 0.963 bits per heavy atom. The molecule has 0 aliphatic rings. The summed E-state index contributed by atoms with van der Waals surface area (Å²) in [6.07, 6.45) is 3.86. The highest BCUT2D eigenvalue weighted by Crippen LogP contribution is 2.19. The lowest BCUT2D eigenvalue weighted by molar-refractivity contribution is -0.142. The van der Waals surface area contributed by atoms with Gasteiger partial charge in [-0.15, -0.1) is 0 Å². The Bertz CT molecular complexity index is 986. The highest BCUT2D eigenvalue weighted by atomic mass is 16.5. The van der Waals surface area contributed by atoms with E-state index >= 15 is 0 Å². The van der Waals surface area contributed by atoms with Crippen molar-refractivity contribution in [2.24, 2.45) is 0 Å². The topological polar surface area (TPSA) is 55.4 Å². The number of esters is 1. The van der Waals surface area contributed by atoms with Crippen LogP contribution in [-0.2, 0) is 20.7 Å². The number of hydrogen-bond acceptors (Lipinski definition) is 3. The van der Waals surface area contributed by atoms with Crippen molar-refractivity contribution < 1.29 is 14.3 Å². The highest BCUT2D eigenvalue weighted by Gasteiger charge is 2.08. The summed E-state index contributed by atoms with van der Waals surface area (Å²) in [5, 5.41) is 4.93. The molecule has 1 N–H and O–H groups in total. The van der Waals surface area contributed by atoms with Crippen LogP contribution in [0.25, 0.3) is 16.8 Å². The van der Waals surface area contributed by atoms with Gasteiger partial charge in [-0.3, -0.25) is 4.79 Å². The smallest absolute Gasteiger partial charge is 0.331 e. The Morgan fingerprint density at radius 3 is 2.56 bits per heavy atom. The molecule has 1 amide bonds. The fourth-order valence-corrected chi connectivity index (χ4v) is 2.88. The van der Waals surface area contributed by atoms with Crippen LogP contribution in [0.4, 0.5) is 5.69 Å². The van der Waals surface area contributed by atoms with Crippen LogP contribution in [0.5, 0.6) is 0 Å². The molecule has 0 heterocycles. The van der Waals surface area contributed by atoms with Crippen LogP contribution in [0, 0.1) is 0 Å². The Kier molecular flexibility index (Phi) is 6.00. The van der Waals surface area contributed by atoms with E-state index in [1.165, 1.54) is 6.08 Å². The van der Waals surface area contributed by atoms with Gasteiger partial charge in [-0.25, -0.2) is 4.79 Å². The Labute approximate surface area is 158 Å². The number of rotatable bonds is 6. The van der Waals surface area contributed by atoms with Gasteiger partial charge in [0.1, 0.15) is 0 Å². The predicted octanol–water partition coefficient (Wildman–Crippen LogP) is 4.60. The number of benzene rings is 3. The Morgan fingerprint density at radius 2 is 1.70 bits per heavy atom. The molecule has 0 spiro atoms. The molecule has 0 aliphatic heterocycles. The van der Waals surface area contributed by atoms with E-state index in [0.717, 1.165) is 34.0 Å². The summed E-state index contributed by atoms with van der Waals surface area (Å²) in [7, 11) is 0. The molecule has 3 aromatic rings. The van der Waals surface area contributed by atoms with E-state index in [1.807, 2.05) is 73.7 Å². The maximum atomic E-state index is 12.0. The third-order valence-corrected chi connectivity index (χ3v) is 4.24. The molecule has 0 unspecified atom stereocenters. The molecule has 4 heteroatoms. The molecule has 4 nitrogen and oxygen atoms in total. The number of amides is 1. The van der Waals surface area contributed by atoms with Gasteiger partial charge in [0, 0.05) is 11.8 Å². The minimum atomic E-state index is -0.554. The zero-order valence-corrected chi connectivity index (χ0v) is 15.1. The van der Waals surface area contributed by atoms with E-state index in [-0.39, 0.29) is 12.5 Å². The van der Waals surface area contributed by atoms with Crippen LogP contribution >= 0.6 is 0 Å². The number of carbonyl (C=O) groups is 2. The van der Waals surface area contributed by atoms with Crippen molar-refractivity contribution in [1.29, 1.82) is 0 Å². The first-order chi connectivity index (χ1) is 13.2. The SMILES string of the molecule is CCc1ccccc1NC(=O)COC(=O)C=Cc1cccc2ccccc12. The molecule has 136 valence electrons. The lowest BCUT2D eigenvalue weighted by atomic mass is 10.0. The second kappa shape index (κ2) is 8.81. The molecule has 0 saturated carbocycles. The molecule has 0 bridgehead atoms. The van der Waals surface area contributed by atoms with Crippen LogP contribution in [-0.4, -0.2) is 18.5 Å². The lowest BCUT2D eigenvalue weighted by Crippen LogP contribution is -2.20. The maximum absolute atomic E-state index is 12.0. The normalized spacial score (nSPS) is 10.9. The maximum Gasteiger partial charge on any atom is 0.331 e. The van der Waals surface area contributed by atoms with Crippen molar-refractivity contribution in [3.63, 3.8) is 0 Å². The monoisotopic (exact) mass is 359 g/mol. The molecule has 27 heavy (non-hydrogen) atoms. The number of aryl methyl sites for hydroxylation is 1. The molecule has 0 aliphatic carbocycles. The first-order valence-corrected chi connectivity index (χ1v) is 8.87. The molecule has 0 saturated heterocycles. The van der Waals surface area contributed by atoms with Crippen LogP contribution in [0.2, 0.25) is 0 Å². The molecule has 0 aromatic heterocycles. The quantitative estimate of drug-likeness (QED) is 0.517. The van der Waals surface area contributed by atoms with Gasteiger partial charge in [-0.1, -0.05) is 67.6 Å². The van der Waals surface area contributed by atoms with Crippen molar-refractivity contribution >= 4 is 34.4 Å². The van der Waals surface area contributed by atoms with E-state index in [9.17, 15) is 9.59 Å². The third-order valence-electron chi connectivity index (χ3n) is 4.24. The van der Waals surface area contributed by atoms with Crippen molar-refractivity contribution in [2.45, 2.75) is 13.3 Å². The minimum absolute atomic E-state index is 0.323. The fraction of sp³-hybridized carbons (Fsp3) is 0.130. The van der Waals surface area contributed by atoms with Gasteiger partial charge in [0.2, 0.25) is 0 Å². The van der Waals surface area contributed by atoms with Crippen molar-refractivity contribution in [3.05, 3.63) is 83.9 Å². The van der Waals surface area contributed by atoms with Crippen molar-refractivity contribution in [2.75, 3.05) is 11.9 Å². The second-order valence-corrected chi connectivity index (χ2v) is 6.07. The molecule has 3 rings (SSSR count). The average molecular weight is 359 g/mol. The zero-order valence-electron chi connectivity index (χ0n) is 15.1. The molecule has 3 aromatic carbocycles. The number of carbonyl (C=O) groups excluding carboxylic acids is 2. The van der Waals surface area contributed by atoms with Crippen LogP contribution in [0.1, 0.15) is 18.1 Å². The average Bonchev–Trinajstić information content (AvgIpc) is 2.71. The number of nitrogens with one attached hydrogen (secondary N) is 1. The van der Waals surface area contributed by atoms with Gasteiger partial charge >= 0.3 is 5.97 Å². The largest absolute Gasteiger partial charge is 0.452 e. The standard InChI is InChI=1S/C23H21NO3/c1-2-17-8-4-6-13-21(17)24-22(25)16-27-23(26)15-14-19-11-7-10-18-9-3-5-12-20(18)19/h3-15H,2,16H2,1H3,(H,24,25). The zero-order chi connectivity index (χ0) is 19.1. The third kappa shape index (κ3) is 4.82. The van der Waals surface area contributed by atoms with E-state index in [2.05, 4.69) is 5.32 Å². The summed E-state index contributed by atoms with van der Waals surface area (Å²) in [6, 6.07) is 21.4. The minimum Gasteiger partial charge on any atom is -0.452 e. The van der Waals surface area contributed by atoms with E-state index in [0.29, 0.717) is 0 Å². The Balaban J connectivity index is 1.57. The van der Waals surface area contributed by atoms with E-state index < -0.39 is 5.97 Å². The first kappa shape index (κ1) is 18.4. The summed E-state index contributed by atoms with van der Waals surface area (Å²) in [6.45, 7) is 1.69. The van der Waals surface area contributed by atoms with Crippen LogP contribution in [0.15, 0.2) is 72.8 Å². The van der Waals surface area contributed by atoms with Gasteiger partial charge in [-0.2, -0.15) is 0 Å². The van der Waals surface area contributed by atoms with Gasteiger partial charge in [0.15, 0.2) is 6.61 Å². The fourth-order valence-electron chi connectivity index (χ4n) is 2.88. The Hall–Kier alpha value is -3.40. The highest BCUT2D eigenvalue weighted by molar-refractivity contribution is 5.97. The van der Waals surface area contributed by atoms with E-state index in [1.54, 1.807) is 6.08 Å². The van der Waals surface area contributed by atoms with Crippen molar-refractivity contribution in [3.8, 4) is 0 Å². The van der Waals surface area contributed by atoms with Crippen LogP contribution in [0.3, 0.4) is 0 Å². The molecular formula is C23H21NO3. The second-order valence-electron chi connectivity index (χ2n) is 6.07. The number of para-hydroxylation sites is 1. The molecule has 0 radical (unpaired) electrons. The molecule has 0 atom stereocenters. The number of hydrogen-bond donors (Lipinski definition) is 1. The molecule has 0 fully saturated rings. The summed E-state index contributed by atoms with van der Waals surface area (Å²) >= 11 is 0. The predicted molar refractivity (Wildman–Crippen MR) is 108 cm³/mol. The first-order valence-electron chi connectivity index (χ1n) is 8.87. The van der Waals surface area contributed by atoms with Crippen LogP contribution < -0.4 is 5.32 Å². The molecular weight excluding hydrogens is 338 g/mol. The van der Waals surface area contributed by atoms with Gasteiger partial charge in [0.25, 0.3) is 5.91 Å². The summed E-state index contributed by atoms with van der Waals surface area (Å²) in [5.74, 6) is -0.912. The summed E-state index contributed by atoms with van der Waals surface area (Å²) in [4.78, 5) is 24.0. The van der Waals surface area contributed by atoms with E-state index in [4.69, 9.17) is 4.74 Å². The van der Waals surface area contributed by atoms with Gasteiger partial charge in [-0.05, 0) is 40.5 Å². The number of fused-ring (bicyclic) bond motifs is 1. The summed E-state index contributed by atoms with van der Waals surface area (Å²) in [5.41, 5.74) is 2.70. The summed E-state index contributed by atoms with van der Waals surface area (Å²) < 4.78 is 5.05. The van der Waals surface area contributed by atoms with Crippen molar-refractivity contribution in [1.82, 2.24) is 0 Å². The van der Waals surface area contributed by atoms with Gasteiger partial charge < -0.3 is 10.1 Å². The number of anilines is 1. The number of ether oxygens (including phenoxy) is 1. The lowest BCUT2D eigenvalue weighted by Gasteiger charge is -2.09.